The van der Waals surface area contributed by atoms with Gasteiger partial charge in [-0.05, 0) is 25.3 Å². The Labute approximate surface area is 121 Å². The summed E-state index contributed by atoms with van der Waals surface area (Å²) in [4.78, 5) is 26.7. The minimum atomic E-state index is -1.02. The van der Waals surface area contributed by atoms with Crippen molar-refractivity contribution in [1.82, 2.24) is 15.6 Å². The van der Waals surface area contributed by atoms with Crippen LogP contribution in [0.25, 0.3) is 0 Å². The number of carbonyl (C=O) groups excluding carboxylic acids is 1. The van der Waals surface area contributed by atoms with Crippen LogP contribution in [0.2, 0.25) is 0 Å². The number of piperidine rings is 1. The molecule has 1 aliphatic rings. The third-order valence-corrected chi connectivity index (χ3v) is 4.37. The summed E-state index contributed by atoms with van der Waals surface area (Å²) in [5.74, 6) is -0.647. The first-order valence-electron chi connectivity index (χ1n) is 6.76. The largest absolute Gasteiger partial charge is 0.476 e. The van der Waals surface area contributed by atoms with E-state index in [0.717, 1.165) is 24.4 Å². The number of hydrogen-bond acceptors (Lipinski definition) is 5. The van der Waals surface area contributed by atoms with Gasteiger partial charge >= 0.3 is 5.97 Å². The van der Waals surface area contributed by atoms with Crippen LogP contribution in [0.5, 0.6) is 0 Å². The first-order valence-corrected chi connectivity index (χ1v) is 7.64. The number of thiazole rings is 1. The number of hydrogen-bond donors (Lipinski definition) is 3. The summed E-state index contributed by atoms with van der Waals surface area (Å²) < 4.78 is 0. The van der Waals surface area contributed by atoms with Crippen LogP contribution in [-0.2, 0) is 11.2 Å². The molecule has 2 heterocycles. The summed E-state index contributed by atoms with van der Waals surface area (Å²) in [5.41, 5.74) is 0.0684. The Balaban J connectivity index is 1.77. The number of carboxylic acid groups (broad SMARTS) is 1. The predicted molar refractivity (Wildman–Crippen MR) is 76.0 cm³/mol. The molecule has 0 aliphatic carbocycles. The zero-order valence-corrected chi connectivity index (χ0v) is 12.2. The lowest BCUT2D eigenvalue weighted by Gasteiger charge is -2.28. The number of amides is 1. The van der Waals surface area contributed by atoms with Crippen LogP contribution >= 0.6 is 11.3 Å². The smallest absolute Gasteiger partial charge is 0.355 e. The minimum Gasteiger partial charge on any atom is -0.476 e. The summed E-state index contributed by atoms with van der Waals surface area (Å²) in [7, 11) is 0. The maximum atomic E-state index is 12.0. The standard InChI is InChI=1S/C13H19N3O3S/c1-8-3-2-5-14-11(8)12(17)15-6-4-10-16-9(7-20-10)13(18)19/h7-8,11,14H,2-6H2,1H3,(H,15,17)(H,18,19). The van der Waals surface area contributed by atoms with Gasteiger partial charge in [-0.3, -0.25) is 4.79 Å². The van der Waals surface area contributed by atoms with Crippen molar-refractivity contribution in [2.45, 2.75) is 32.2 Å². The van der Waals surface area contributed by atoms with Gasteiger partial charge < -0.3 is 15.7 Å². The van der Waals surface area contributed by atoms with Crippen molar-refractivity contribution in [2.24, 2.45) is 5.92 Å². The molecule has 1 fully saturated rings. The normalized spacial score (nSPS) is 22.4. The Kier molecular flexibility index (Phi) is 5.08. The summed E-state index contributed by atoms with van der Waals surface area (Å²) in [6.07, 6.45) is 2.74. The molecule has 1 aromatic rings. The molecule has 2 rings (SSSR count). The molecule has 0 aromatic carbocycles. The predicted octanol–water partition coefficient (Wildman–Crippen LogP) is 0.888. The first-order chi connectivity index (χ1) is 9.58. The van der Waals surface area contributed by atoms with Gasteiger partial charge in [0.1, 0.15) is 0 Å². The molecule has 1 amide bonds. The molecule has 0 saturated carbocycles. The molecule has 1 saturated heterocycles. The Morgan fingerprint density at radius 2 is 2.40 bits per heavy atom. The molecule has 2 atom stereocenters. The molecule has 7 heteroatoms. The van der Waals surface area contributed by atoms with E-state index in [4.69, 9.17) is 5.11 Å². The molecular formula is C13H19N3O3S. The van der Waals surface area contributed by atoms with Crippen molar-refractivity contribution in [3.05, 3.63) is 16.1 Å². The monoisotopic (exact) mass is 297 g/mol. The van der Waals surface area contributed by atoms with Crippen molar-refractivity contribution < 1.29 is 14.7 Å². The van der Waals surface area contributed by atoms with Crippen molar-refractivity contribution in [2.75, 3.05) is 13.1 Å². The first kappa shape index (κ1) is 14.9. The van der Waals surface area contributed by atoms with Gasteiger partial charge in [-0.25, -0.2) is 9.78 Å². The lowest BCUT2D eigenvalue weighted by Crippen LogP contribution is -2.51. The molecule has 0 radical (unpaired) electrons. The highest BCUT2D eigenvalue weighted by Crippen LogP contribution is 2.15. The van der Waals surface area contributed by atoms with Gasteiger partial charge in [0.05, 0.1) is 11.0 Å². The second-order valence-electron chi connectivity index (χ2n) is 5.02. The van der Waals surface area contributed by atoms with Gasteiger partial charge in [-0.15, -0.1) is 11.3 Å². The van der Waals surface area contributed by atoms with Gasteiger partial charge in [0.2, 0.25) is 5.91 Å². The lowest BCUT2D eigenvalue weighted by molar-refractivity contribution is -0.124. The van der Waals surface area contributed by atoms with Crippen LogP contribution in [0.4, 0.5) is 0 Å². The van der Waals surface area contributed by atoms with Gasteiger partial charge in [0, 0.05) is 18.3 Å². The number of nitrogens with zero attached hydrogens (tertiary/aromatic N) is 1. The van der Waals surface area contributed by atoms with Crippen molar-refractivity contribution in [3.8, 4) is 0 Å². The van der Waals surface area contributed by atoms with Gasteiger partial charge in [-0.2, -0.15) is 0 Å². The van der Waals surface area contributed by atoms with Crippen LogP contribution in [0.1, 0.15) is 35.3 Å². The number of carboxylic acids is 1. The maximum absolute atomic E-state index is 12.0. The quantitative estimate of drug-likeness (QED) is 0.751. The molecule has 0 bridgehead atoms. The van der Waals surface area contributed by atoms with Gasteiger partial charge in [0.25, 0.3) is 0 Å². The highest BCUT2D eigenvalue weighted by molar-refractivity contribution is 7.09. The fraction of sp³-hybridized carbons (Fsp3) is 0.615. The molecular weight excluding hydrogens is 278 g/mol. The number of nitrogens with one attached hydrogen (secondary N) is 2. The number of aromatic carboxylic acids is 1. The summed E-state index contributed by atoms with van der Waals surface area (Å²) in [6, 6.07) is -0.116. The summed E-state index contributed by atoms with van der Waals surface area (Å²) >= 11 is 1.31. The topological polar surface area (TPSA) is 91.3 Å². The molecule has 3 N–H and O–H groups in total. The van der Waals surface area contributed by atoms with Gasteiger partial charge in [-0.1, -0.05) is 6.92 Å². The second-order valence-corrected chi connectivity index (χ2v) is 5.97. The zero-order valence-electron chi connectivity index (χ0n) is 11.4. The SMILES string of the molecule is CC1CCCNC1C(=O)NCCc1nc(C(=O)O)cs1. The molecule has 6 nitrogen and oxygen atoms in total. The van der Waals surface area contributed by atoms with Crippen LogP contribution in [0.3, 0.4) is 0 Å². The van der Waals surface area contributed by atoms with Crippen molar-refractivity contribution in [3.63, 3.8) is 0 Å². The molecule has 2 unspecified atom stereocenters. The highest BCUT2D eigenvalue weighted by atomic mass is 32.1. The van der Waals surface area contributed by atoms with Crippen molar-refractivity contribution >= 4 is 23.2 Å². The van der Waals surface area contributed by atoms with E-state index in [9.17, 15) is 9.59 Å². The molecule has 110 valence electrons. The molecule has 1 aromatic heterocycles. The van der Waals surface area contributed by atoms with Gasteiger partial charge in [0.15, 0.2) is 5.69 Å². The van der Waals surface area contributed by atoms with Crippen LogP contribution in [0, 0.1) is 5.92 Å². The molecule has 20 heavy (non-hydrogen) atoms. The van der Waals surface area contributed by atoms with E-state index in [0.29, 0.717) is 18.9 Å². The average molecular weight is 297 g/mol. The fourth-order valence-electron chi connectivity index (χ4n) is 2.33. The summed E-state index contributed by atoms with van der Waals surface area (Å²) in [5, 5.41) is 17.1. The van der Waals surface area contributed by atoms with Crippen molar-refractivity contribution in [1.29, 1.82) is 0 Å². The Morgan fingerprint density at radius 3 is 3.05 bits per heavy atom. The molecule has 0 spiro atoms. The van der Waals surface area contributed by atoms with E-state index < -0.39 is 5.97 Å². The average Bonchev–Trinajstić information content (AvgIpc) is 2.88. The van der Waals surface area contributed by atoms with E-state index in [-0.39, 0.29) is 17.6 Å². The Hall–Kier alpha value is -1.47. The van der Waals surface area contributed by atoms with E-state index in [1.807, 2.05) is 0 Å². The van der Waals surface area contributed by atoms with Crippen LogP contribution in [-0.4, -0.2) is 41.1 Å². The summed E-state index contributed by atoms with van der Waals surface area (Å²) in [6.45, 7) is 3.45. The molecule has 1 aliphatic heterocycles. The fourth-order valence-corrected chi connectivity index (χ4v) is 3.10. The van der Waals surface area contributed by atoms with Crippen LogP contribution < -0.4 is 10.6 Å². The minimum absolute atomic E-state index is 0.0206. The Bertz CT molecular complexity index is 489. The van der Waals surface area contributed by atoms with E-state index >= 15 is 0 Å². The number of aromatic nitrogens is 1. The highest BCUT2D eigenvalue weighted by Gasteiger charge is 2.26. The third-order valence-electron chi connectivity index (χ3n) is 3.46. The number of carbonyl (C=O) groups is 2. The number of rotatable bonds is 5. The second kappa shape index (κ2) is 6.81. The lowest BCUT2D eigenvalue weighted by atomic mass is 9.92. The maximum Gasteiger partial charge on any atom is 0.355 e. The third kappa shape index (κ3) is 3.77. The van der Waals surface area contributed by atoms with E-state index in [1.165, 1.54) is 16.7 Å². The zero-order chi connectivity index (χ0) is 14.5. The van der Waals surface area contributed by atoms with E-state index in [2.05, 4.69) is 22.5 Å². The Morgan fingerprint density at radius 1 is 1.60 bits per heavy atom. The van der Waals surface area contributed by atoms with Crippen LogP contribution in [0.15, 0.2) is 5.38 Å². The van der Waals surface area contributed by atoms with E-state index in [1.54, 1.807) is 0 Å².